The number of amides is 1. The van der Waals surface area contributed by atoms with Crippen molar-refractivity contribution in [1.29, 1.82) is 0 Å². The van der Waals surface area contributed by atoms with Crippen LogP contribution < -0.4 is 10.1 Å². The Bertz CT molecular complexity index is 622. The van der Waals surface area contributed by atoms with Crippen molar-refractivity contribution >= 4 is 22.4 Å². The van der Waals surface area contributed by atoms with Crippen molar-refractivity contribution < 1.29 is 9.53 Å². The summed E-state index contributed by atoms with van der Waals surface area (Å²) in [6.07, 6.45) is 2.21. The number of methoxy groups -OCH3 is 1. The van der Waals surface area contributed by atoms with Gasteiger partial charge in [0.2, 0.25) is 5.91 Å². The average molecular weight is 304 g/mol. The maximum absolute atomic E-state index is 11.8. The third kappa shape index (κ3) is 4.56. The first-order valence-corrected chi connectivity index (χ1v) is 7.82. The van der Waals surface area contributed by atoms with Crippen LogP contribution in [0.15, 0.2) is 23.6 Å². The molecule has 1 aromatic heterocycles. The van der Waals surface area contributed by atoms with Crippen molar-refractivity contribution in [2.75, 3.05) is 12.4 Å². The lowest BCUT2D eigenvalue weighted by molar-refractivity contribution is -0.116. The number of anilines is 1. The highest BCUT2D eigenvalue weighted by atomic mass is 32.1. The molecule has 0 aliphatic heterocycles. The van der Waals surface area contributed by atoms with Gasteiger partial charge in [-0.1, -0.05) is 12.1 Å². The second-order valence-electron chi connectivity index (χ2n) is 5.00. The summed E-state index contributed by atoms with van der Waals surface area (Å²) in [5, 5.41) is 5.43. The van der Waals surface area contributed by atoms with Crippen LogP contribution in [-0.2, 0) is 11.2 Å². The lowest BCUT2D eigenvalue weighted by Crippen LogP contribution is -2.11. The number of hydrogen-bond donors (Lipinski definition) is 1. The van der Waals surface area contributed by atoms with Crippen LogP contribution >= 0.6 is 11.3 Å². The van der Waals surface area contributed by atoms with E-state index < -0.39 is 0 Å². The third-order valence-corrected chi connectivity index (χ3v) is 4.07. The van der Waals surface area contributed by atoms with Crippen LogP contribution in [0.5, 0.6) is 5.75 Å². The quantitative estimate of drug-likeness (QED) is 0.884. The van der Waals surface area contributed by atoms with E-state index in [1.54, 1.807) is 7.11 Å². The van der Waals surface area contributed by atoms with Crippen molar-refractivity contribution in [1.82, 2.24) is 4.98 Å². The van der Waals surface area contributed by atoms with E-state index in [2.05, 4.69) is 16.4 Å². The van der Waals surface area contributed by atoms with Gasteiger partial charge in [0.05, 0.1) is 12.8 Å². The van der Waals surface area contributed by atoms with Gasteiger partial charge in [0.15, 0.2) is 5.13 Å². The van der Waals surface area contributed by atoms with Crippen LogP contribution in [0.3, 0.4) is 0 Å². The summed E-state index contributed by atoms with van der Waals surface area (Å²) in [7, 11) is 1.67. The largest absolute Gasteiger partial charge is 0.496 e. The van der Waals surface area contributed by atoms with Crippen LogP contribution in [0.4, 0.5) is 5.13 Å². The molecule has 21 heavy (non-hydrogen) atoms. The molecule has 0 bridgehead atoms. The molecule has 1 heterocycles. The fourth-order valence-corrected chi connectivity index (χ4v) is 2.85. The molecule has 0 atom stereocenters. The van der Waals surface area contributed by atoms with Crippen LogP contribution in [0, 0.1) is 13.8 Å². The lowest BCUT2D eigenvalue weighted by Gasteiger charge is -2.07. The monoisotopic (exact) mass is 304 g/mol. The number of thiazole rings is 1. The molecular weight excluding hydrogens is 284 g/mol. The molecule has 0 fully saturated rings. The van der Waals surface area contributed by atoms with E-state index in [-0.39, 0.29) is 5.91 Å². The van der Waals surface area contributed by atoms with Gasteiger partial charge >= 0.3 is 0 Å². The first kappa shape index (κ1) is 15.5. The number of aryl methyl sites for hydroxylation is 3. The Balaban J connectivity index is 1.78. The number of hydrogen-bond acceptors (Lipinski definition) is 4. The molecule has 1 aromatic carbocycles. The van der Waals surface area contributed by atoms with Crippen molar-refractivity contribution in [3.05, 3.63) is 40.4 Å². The molecule has 0 aliphatic carbocycles. The molecule has 0 unspecified atom stereocenters. The third-order valence-electron chi connectivity index (χ3n) is 3.19. The molecule has 1 N–H and O–H groups in total. The number of carbonyl (C=O) groups excluding carboxylic acids is 1. The molecule has 0 saturated heterocycles. The van der Waals surface area contributed by atoms with E-state index in [1.807, 2.05) is 31.4 Å². The fourth-order valence-electron chi connectivity index (χ4n) is 2.14. The Morgan fingerprint density at radius 2 is 2.19 bits per heavy atom. The molecular formula is C16H20N2O2S. The van der Waals surface area contributed by atoms with Gasteiger partial charge in [0.1, 0.15) is 5.75 Å². The van der Waals surface area contributed by atoms with E-state index in [9.17, 15) is 4.79 Å². The molecule has 2 aromatic rings. The molecule has 2 rings (SSSR count). The smallest absolute Gasteiger partial charge is 0.226 e. The lowest BCUT2D eigenvalue weighted by atomic mass is 10.0. The number of aromatic nitrogens is 1. The second kappa shape index (κ2) is 7.22. The van der Waals surface area contributed by atoms with Gasteiger partial charge in [0, 0.05) is 11.8 Å². The number of carbonyl (C=O) groups is 1. The van der Waals surface area contributed by atoms with E-state index >= 15 is 0 Å². The van der Waals surface area contributed by atoms with Crippen molar-refractivity contribution in [2.24, 2.45) is 0 Å². The standard InChI is InChI=1S/C16H20N2O2S/c1-11-9-13(7-8-14(11)20-3)5-4-6-15(19)18-16-17-12(2)10-21-16/h7-10H,4-6H2,1-3H3,(H,17,18,19). The zero-order chi connectivity index (χ0) is 15.2. The van der Waals surface area contributed by atoms with Crippen molar-refractivity contribution in [3.8, 4) is 5.75 Å². The molecule has 0 radical (unpaired) electrons. The molecule has 5 heteroatoms. The van der Waals surface area contributed by atoms with E-state index in [0.717, 1.165) is 29.8 Å². The van der Waals surface area contributed by atoms with E-state index in [4.69, 9.17) is 4.74 Å². The van der Waals surface area contributed by atoms with Gasteiger partial charge in [-0.15, -0.1) is 11.3 Å². The van der Waals surface area contributed by atoms with Gasteiger partial charge < -0.3 is 10.1 Å². The summed E-state index contributed by atoms with van der Waals surface area (Å²) in [5.74, 6) is 0.921. The normalized spacial score (nSPS) is 10.4. The molecule has 4 nitrogen and oxygen atoms in total. The molecule has 112 valence electrons. The predicted molar refractivity (Wildman–Crippen MR) is 86.1 cm³/mol. The Kier molecular flexibility index (Phi) is 5.33. The Morgan fingerprint density at radius 1 is 1.38 bits per heavy atom. The van der Waals surface area contributed by atoms with E-state index in [1.165, 1.54) is 16.9 Å². The maximum atomic E-state index is 11.8. The van der Waals surface area contributed by atoms with Crippen molar-refractivity contribution in [3.63, 3.8) is 0 Å². The van der Waals surface area contributed by atoms with Gasteiger partial charge in [0.25, 0.3) is 0 Å². The number of nitrogens with zero attached hydrogens (tertiary/aromatic N) is 1. The minimum atomic E-state index is 0.0228. The number of rotatable bonds is 6. The first-order valence-electron chi connectivity index (χ1n) is 6.94. The highest BCUT2D eigenvalue weighted by Gasteiger charge is 2.06. The Hall–Kier alpha value is -1.88. The highest BCUT2D eigenvalue weighted by Crippen LogP contribution is 2.20. The summed E-state index contributed by atoms with van der Waals surface area (Å²) >= 11 is 1.46. The highest BCUT2D eigenvalue weighted by molar-refractivity contribution is 7.13. The molecule has 0 aliphatic rings. The van der Waals surface area contributed by atoms with Crippen molar-refractivity contribution in [2.45, 2.75) is 33.1 Å². The molecule has 0 spiro atoms. The first-order chi connectivity index (χ1) is 10.1. The summed E-state index contributed by atoms with van der Waals surface area (Å²) < 4.78 is 5.24. The van der Waals surface area contributed by atoms with Crippen LogP contribution in [-0.4, -0.2) is 18.0 Å². The zero-order valence-corrected chi connectivity index (χ0v) is 13.4. The average Bonchev–Trinajstić information content (AvgIpc) is 2.84. The summed E-state index contributed by atoms with van der Waals surface area (Å²) in [6.45, 7) is 3.94. The topological polar surface area (TPSA) is 51.2 Å². The molecule has 1 amide bonds. The summed E-state index contributed by atoms with van der Waals surface area (Å²) in [4.78, 5) is 16.0. The Labute approximate surface area is 129 Å². The van der Waals surface area contributed by atoms with Crippen LogP contribution in [0.1, 0.15) is 29.7 Å². The van der Waals surface area contributed by atoms with Gasteiger partial charge in [-0.2, -0.15) is 0 Å². The number of nitrogens with one attached hydrogen (secondary N) is 1. The van der Waals surface area contributed by atoms with Gasteiger partial charge in [-0.25, -0.2) is 4.98 Å². The minimum absolute atomic E-state index is 0.0228. The van der Waals surface area contributed by atoms with Crippen LogP contribution in [0.25, 0.3) is 0 Å². The second-order valence-corrected chi connectivity index (χ2v) is 5.86. The SMILES string of the molecule is COc1ccc(CCCC(=O)Nc2nc(C)cs2)cc1C. The Morgan fingerprint density at radius 3 is 2.81 bits per heavy atom. The maximum Gasteiger partial charge on any atom is 0.226 e. The number of ether oxygens (including phenoxy) is 1. The van der Waals surface area contributed by atoms with Gasteiger partial charge in [-0.3, -0.25) is 4.79 Å². The minimum Gasteiger partial charge on any atom is -0.496 e. The fraction of sp³-hybridized carbons (Fsp3) is 0.375. The summed E-state index contributed by atoms with van der Waals surface area (Å²) in [5.41, 5.74) is 3.29. The van der Waals surface area contributed by atoms with E-state index in [0.29, 0.717) is 11.6 Å². The molecule has 0 saturated carbocycles. The summed E-state index contributed by atoms with van der Waals surface area (Å²) in [6, 6.07) is 6.14. The van der Waals surface area contributed by atoms with Crippen LogP contribution in [0.2, 0.25) is 0 Å². The zero-order valence-electron chi connectivity index (χ0n) is 12.6. The predicted octanol–water partition coefficient (Wildman–Crippen LogP) is 3.73. The van der Waals surface area contributed by atoms with Gasteiger partial charge in [-0.05, 0) is 43.9 Å². The number of benzene rings is 1.